The molecule has 0 aliphatic rings. The van der Waals surface area contributed by atoms with Crippen molar-refractivity contribution in [3.05, 3.63) is 0 Å². The van der Waals surface area contributed by atoms with E-state index in [1.807, 2.05) is 0 Å². The lowest BCUT2D eigenvalue weighted by atomic mass is 10.6. The van der Waals surface area contributed by atoms with Gasteiger partial charge in [-0.1, -0.05) is 0 Å². The van der Waals surface area contributed by atoms with Crippen molar-refractivity contribution in [2.24, 2.45) is 5.73 Å². The lowest BCUT2D eigenvalue weighted by Crippen LogP contribution is -2.32. The molecule has 6 heavy (non-hydrogen) atoms. The van der Waals surface area contributed by atoms with Crippen LogP contribution in [0.2, 0.25) is 0 Å². The van der Waals surface area contributed by atoms with Crippen molar-refractivity contribution in [1.29, 1.82) is 0 Å². The maximum absolute atomic E-state index is 8.18. The molecule has 0 aromatic rings. The fourth-order valence-corrected chi connectivity index (χ4v) is 0.0527. The second kappa shape index (κ2) is 3.05. The number of nitrogens with two attached hydrogens (primary N) is 1. The minimum Gasteiger partial charge on any atom is -0.375 e. The second-order valence-corrected chi connectivity index (χ2v) is 0.881. The Morgan fingerprint density at radius 3 is 2.33 bits per heavy atom. The molecule has 0 aliphatic heterocycles. The van der Waals surface area contributed by atoms with Gasteiger partial charge in [0.25, 0.3) is 0 Å². The number of nitrogens with one attached hydrogen (secondary N) is 1. The van der Waals surface area contributed by atoms with Crippen LogP contribution >= 0.6 is 0 Å². The van der Waals surface area contributed by atoms with Crippen LogP contribution in [-0.2, 0) is 0 Å². The van der Waals surface area contributed by atoms with Gasteiger partial charge in [-0.3, -0.25) is 0 Å². The van der Waals surface area contributed by atoms with Crippen LogP contribution in [0.1, 0.15) is 0 Å². The standard InChI is InChI=1S/C2H8N2O2/c3-1-2(5)4-6/h2,4-6H,1,3H2/t2-/m0/s1. The summed E-state index contributed by atoms with van der Waals surface area (Å²) in [5.74, 6) is 0. The Bertz CT molecular complexity index is 28.7. The highest BCUT2D eigenvalue weighted by Gasteiger charge is 1.90. The third-order valence-electron chi connectivity index (χ3n) is 0.372. The summed E-state index contributed by atoms with van der Waals surface area (Å²) >= 11 is 0. The normalized spacial score (nSPS) is 14.5. The van der Waals surface area contributed by atoms with Gasteiger partial charge in [-0.25, -0.2) is 0 Å². The Balaban J connectivity index is 2.75. The zero-order valence-corrected chi connectivity index (χ0v) is 3.26. The van der Waals surface area contributed by atoms with Crippen LogP contribution < -0.4 is 11.2 Å². The molecule has 38 valence electrons. The quantitative estimate of drug-likeness (QED) is 0.240. The first-order chi connectivity index (χ1) is 2.81. The first kappa shape index (κ1) is 5.84. The van der Waals surface area contributed by atoms with Crippen LogP contribution in [-0.4, -0.2) is 23.1 Å². The molecule has 4 heteroatoms. The summed E-state index contributed by atoms with van der Waals surface area (Å²) in [4.78, 5) is 0. The van der Waals surface area contributed by atoms with Gasteiger partial charge in [0.1, 0.15) is 6.23 Å². The zero-order chi connectivity index (χ0) is 4.99. The third kappa shape index (κ3) is 2.10. The van der Waals surface area contributed by atoms with E-state index in [-0.39, 0.29) is 6.54 Å². The van der Waals surface area contributed by atoms with E-state index in [0.29, 0.717) is 0 Å². The predicted molar refractivity (Wildman–Crippen MR) is 20.0 cm³/mol. The lowest BCUT2D eigenvalue weighted by Gasteiger charge is -1.99. The fourth-order valence-electron chi connectivity index (χ4n) is 0.0527. The van der Waals surface area contributed by atoms with Gasteiger partial charge < -0.3 is 16.0 Å². The molecule has 0 amide bonds. The maximum atomic E-state index is 8.18. The summed E-state index contributed by atoms with van der Waals surface area (Å²) < 4.78 is 0. The largest absolute Gasteiger partial charge is 0.375 e. The summed E-state index contributed by atoms with van der Waals surface area (Å²) in [7, 11) is 0. The molecule has 0 heterocycles. The number of aliphatic hydroxyl groups is 1. The van der Waals surface area contributed by atoms with Gasteiger partial charge in [0.05, 0.1) is 0 Å². The van der Waals surface area contributed by atoms with Gasteiger partial charge in [-0.05, 0) is 0 Å². The van der Waals surface area contributed by atoms with E-state index >= 15 is 0 Å². The number of rotatable bonds is 2. The van der Waals surface area contributed by atoms with Crippen LogP contribution in [0, 0.1) is 0 Å². The molecule has 0 saturated carbocycles. The molecule has 0 fully saturated rings. The molecule has 0 spiro atoms. The lowest BCUT2D eigenvalue weighted by molar-refractivity contribution is 0.00815. The molecule has 0 saturated heterocycles. The van der Waals surface area contributed by atoms with Crippen LogP contribution in [0.5, 0.6) is 0 Å². The average Bonchev–Trinajstić information content (AvgIpc) is 1.65. The molecule has 0 radical (unpaired) electrons. The SMILES string of the molecule is NC[C@H](O)NO. The number of aliphatic hydroxyl groups excluding tert-OH is 1. The Hall–Kier alpha value is -0.160. The van der Waals surface area contributed by atoms with Gasteiger partial charge in [-0.15, -0.1) is 0 Å². The van der Waals surface area contributed by atoms with Crippen molar-refractivity contribution >= 4 is 0 Å². The average molecular weight is 92.1 g/mol. The Labute approximate surface area is 35.5 Å². The first-order valence-electron chi connectivity index (χ1n) is 1.59. The number of hydrogen-bond donors (Lipinski definition) is 4. The number of hydroxylamine groups is 1. The summed E-state index contributed by atoms with van der Waals surface area (Å²) in [6.45, 7) is 0.0243. The highest BCUT2D eigenvalue weighted by Crippen LogP contribution is 1.60. The smallest absolute Gasteiger partial charge is 0.138 e. The van der Waals surface area contributed by atoms with Crippen molar-refractivity contribution < 1.29 is 10.3 Å². The molecule has 0 aliphatic carbocycles. The van der Waals surface area contributed by atoms with Crippen molar-refractivity contribution in [2.45, 2.75) is 6.23 Å². The molecular formula is C2H8N2O2. The molecule has 4 nitrogen and oxygen atoms in total. The second-order valence-electron chi connectivity index (χ2n) is 0.881. The van der Waals surface area contributed by atoms with Crippen LogP contribution in [0.25, 0.3) is 0 Å². The molecule has 0 aromatic carbocycles. The molecule has 0 bridgehead atoms. The van der Waals surface area contributed by atoms with Crippen LogP contribution in [0.4, 0.5) is 0 Å². The Morgan fingerprint density at radius 1 is 1.83 bits per heavy atom. The van der Waals surface area contributed by atoms with E-state index in [1.54, 1.807) is 5.48 Å². The molecule has 1 atom stereocenters. The summed E-state index contributed by atoms with van der Waals surface area (Å²) in [6, 6.07) is 0. The topological polar surface area (TPSA) is 78.5 Å². The van der Waals surface area contributed by atoms with Gasteiger partial charge in [0.15, 0.2) is 0 Å². The monoisotopic (exact) mass is 92.1 g/mol. The molecule has 0 rings (SSSR count). The van der Waals surface area contributed by atoms with E-state index in [4.69, 9.17) is 16.0 Å². The van der Waals surface area contributed by atoms with Crippen LogP contribution in [0.3, 0.4) is 0 Å². The van der Waals surface area contributed by atoms with E-state index in [1.165, 1.54) is 0 Å². The van der Waals surface area contributed by atoms with E-state index in [0.717, 1.165) is 0 Å². The van der Waals surface area contributed by atoms with E-state index in [2.05, 4.69) is 0 Å². The number of hydrogen-bond acceptors (Lipinski definition) is 4. The Kier molecular flexibility index (Phi) is 2.97. The minimum absolute atomic E-state index is 0.0243. The van der Waals surface area contributed by atoms with Gasteiger partial charge in [-0.2, -0.15) is 5.48 Å². The van der Waals surface area contributed by atoms with Gasteiger partial charge >= 0.3 is 0 Å². The van der Waals surface area contributed by atoms with Crippen LogP contribution in [0.15, 0.2) is 0 Å². The third-order valence-corrected chi connectivity index (χ3v) is 0.372. The molecule has 5 N–H and O–H groups in total. The summed E-state index contributed by atoms with van der Waals surface area (Å²) in [6.07, 6.45) is -0.981. The van der Waals surface area contributed by atoms with Gasteiger partial charge in [0, 0.05) is 6.54 Å². The van der Waals surface area contributed by atoms with Gasteiger partial charge in [0.2, 0.25) is 0 Å². The fraction of sp³-hybridized carbons (Fsp3) is 1.00. The maximum Gasteiger partial charge on any atom is 0.138 e. The Morgan fingerprint density at radius 2 is 2.33 bits per heavy atom. The van der Waals surface area contributed by atoms with Crippen molar-refractivity contribution in [1.82, 2.24) is 5.48 Å². The summed E-state index contributed by atoms with van der Waals surface area (Å²) in [5.41, 5.74) is 6.36. The zero-order valence-electron chi connectivity index (χ0n) is 3.26. The predicted octanol–water partition coefficient (Wildman–Crippen LogP) is -1.76. The minimum atomic E-state index is -0.981. The van der Waals surface area contributed by atoms with Crippen molar-refractivity contribution in [3.63, 3.8) is 0 Å². The van der Waals surface area contributed by atoms with E-state index < -0.39 is 6.23 Å². The van der Waals surface area contributed by atoms with E-state index in [9.17, 15) is 0 Å². The van der Waals surface area contributed by atoms with Crippen molar-refractivity contribution in [2.75, 3.05) is 6.54 Å². The molecule has 0 aromatic heterocycles. The molecular weight excluding hydrogens is 84.0 g/mol. The first-order valence-corrected chi connectivity index (χ1v) is 1.59. The highest BCUT2D eigenvalue weighted by molar-refractivity contribution is 4.39. The molecule has 0 unspecified atom stereocenters. The summed E-state index contributed by atoms with van der Waals surface area (Å²) in [5, 5.41) is 15.9. The highest BCUT2D eigenvalue weighted by atomic mass is 16.5. The van der Waals surface area contributed by atoms with Crippen molar-refractivity contribution in [3.8, 4) is 0 Å².